The molecule has 0 saturated carbocycles. The predicted octanol–water partition coefficient (Wildman–Crippen LogP) is 3.55. The molecule has 1 aliphatic rings. The fraction of sp³-hybridized carbons (Fsp3) is 0.222. The molecule has 2 aromatic rings. The van der Waals surface area contributed by atoms with Crippen LogP contribution in [0.3, 0.4) is 0 Å². The first-order chi connectivity index (χ1) is 12.6. The second-order valence-electron chi connectivity index (χ2n) is 6.10. The number of carbonyl (C=O) groups excluding carboxylic acids is 2. The zero-order valence-electron chi connectivity index (χ0n) is 13.6. The summed E-state index contributed by atoms with van der Waals surface area (Å²) in [5.74, 6) is -2.99. The molecule has 27 heavy (non-hydrogen) atoms. The maximum atomic E-state index is 13.7. The molecule has 3 rings (SSSR count). The van der Waals surface area contributed by atoms with Crippen LogP contribution in [0.4, 0.5) is 18.0 Å². The number of benzene rings is 2. The van der Waals surface area contributed by atoms with Gasteiger partial charge in [-0.05, 0) is 17.7 Å². The van der Waals surface area contributed by atoms with Crippen molar-refractivity contribution in [2.24, 2.45) is 5.92 Å². The van der Waals surface area contributed by atoms with Crippen molar-refractivity contribution in [3.05, 3.63) is 70.2 Å². The summed E-state index contributed by atoms with van der Waals surface area (Å²) in [6.07, 6.45) is -5.27. The van der Waals surface area contributed by atoms with E-state index >= 15 is 0 Å². The lowest BCUT2D eigenvalue weighted by Gasteiger charge is -2.45. The highest BCUT2D eigenvalue weighted by Crippen LogP contribution is 2.44. The van der Waals surface area contributed by atoms with Gasteiger partial charge >= 0.3 is 12.2 Å². The van der Waals surface area contributed by atoms with Crippen molar-refractivity contribution in [3.8, 4) is 0 Å². The van der Waals surface area contributed by atoms with Crippen molar-refractivity contribution in [2.75, 3.05) is 0 Å². The first-order valence-corrected chi connectivity index (χ1v) is 8.65. The maximum absolute atomic E-state index is 13.7. The highest BCUT2D eigenvalue weighted by molar-refractivity contribution is 9.10. The van der Waals surface area contributed by atoms with E-state index in [0.29, 0.717) is 4.47 Å². The van der Waals surface area contributed by atoms with Crippen molar-refractivity contribution >= 4 is 27.7 Å². The molecule has 2 aromatic carbocycles. The topological polar surface area (TPSA) is 78.4 Å². The fourth-order valence-electron chi connectivity index (χ4n) is 3.10. The van der Waals surface area contributed by atoms with Gasteiger partial charge in [0.05, 0.1) is 6.04 Å². The van der Waals surface area contributed by atoms with E-state index in [-0.39, 0.29) is 11.1 Å². The fourth-order valence-corrected chi connectivity index (χ4v) is 3.52. The van der Waals surface area contributed by atoms with Crippen LogP contribution < -0.4 is 10.6 Å². The van der Waals surface area contributed by atoms with Gasteiger partial charge in [-0.2, -0.15) is 13.2 Å². The highest BCUT2D eigenvalue weighted by Gasteiger charge is 2.66. The van der Waals surface area contributed by atoms with Gasteiger partial charge in [0.15, 0.2) is 5.78 Å². The van der Waals surface area contributed by atoms with Gasteiger partial charge in [0.25, 0.3) is 0 Å². The normalized spacial score (nSPS) is 25.4. The Kier molecular flexibility index (Phi) is 5.00. The van der Waals surface area contributed by atoms with E-state index in [2.05, 4.69) is 21.2 Å². The summed E-state index contributed by atoms with van der Waals surface area (Å²) in [7, 11) is 0. The van der Waals surface area contributed by atoms with E-state index < -0.39 is 35.7 Å². The summed E-state index contributed by atoms with van der Waals surface area (Å²) in [5, 5.41) is 14.3. The summed E-state index contributed by atoms with van der Waals surface area (Å²) in [4.78, 5) is 24.9. The molecule has 1 heterocycles. The van der Waals surface area contributed by atoms with Gasteiger partial charge in [-0.3, -0.25) is 4.79 Å². The lowest BCUT2D eigenvalue weighted by Crippen LogP contribution is -2.72. The largest absolute Gasteiger partial charge is 0.437 e. The van der Waals surface area contributed by atoms with Crippen LogP contribution in [0, 0.1) is 5.92 Å². The molecule has 5 nitrogen and oxygen atoms in total. The standard InChI is InChI=1S/C18H14BrF3N2O3/c19-12-8-4-7-11(9-12)14-13(15(25)10-5-2-1-3-6-10)17(27,18(20,21)22)24-16(26)23-14/h1-9,13-14,27H,(H2,23,24,26). The third-order valence-electron chi connectivity index (χ3n) is 4.35. The zero-order chi connectivity index (χ0) is 19.8. The van der Waals surface area contributed by atoms with Gasteiger partial charge < -0.3 is 15.7 Å². The maximum Gasteiger partial charge on any atom is 0.437 e. The van der Waals surface area contributed by atoms with Gasteiger partial charge in [0.1, 0.15) is 5.92 Å². The van der Waals surface area contributed by atoms with E-state index in [0.717, 1.165) is 0 Å². The summed E-state index contributed by atoms with van der Waals surface area (Å²) < 4.78 is 41.8. The predicted molar refractivity (Wildman–Crippen MR) is 93.8 cm³/mol. The summed E-state index contributed by atoms with van der Waals surface area (Å²) in [5.41, 5.74) is -3.49. The van der Waals surface area contributed by atoms with E-state index in [1.807, 2.05) is 0 Å². The molecule has 0 aliphatic carbocycles. The summed E-state index contributed by atoms with van der Waals surface area (Å²) in [6.45, 7) is 0. The number of urea groups is 1. The Hall–Kier alpha value is -2.39. The van der Waals surface area contributed by atoms with Crippen molar-refractivity contribution in [1.82, 2.24) is 10.6 Å². The Morgan fingerprint density at radius 1 is 1.11 bits per heavy atom. The van der Waals surface area contributed by atoms with Crippen LogP contribution in [-0.4, -0.2) is 28.8 Å². The number of aliphatic hydroxyl groups is 1. The molecular formula is C18H14BrF3N2O3. The minimum Gasteiger partial charge on any atom is -0.363 e. The van der Waals surface area contributed by atoms with Crippen LogP contribution in [0.5, 0.6) is 0 Å². The van der Waals surface area contributed by atoms with Crippen molar-refractivity contribution in [3.63, 3.8) is 0 Å². The molecule has 3 unspecified atom stereocenters. The van der Waals surface area contributed by atoms with E-state index in [4.69, 9.17) is 0 Å². The quantitative estimate of drug-likeness (QED) is 0.636. The number of hydrogen-bond acceptors (Lipinski definition) is 3. The SMILES string of the molecule is O=C1NC(c2cccc(Br)c2)C(C(=O)c2ccccc2)C(O)(C(F)(F)F)N1. The third-order valence-corrected chi connectivity index (χ3v) is 4.85. The minimum absolute atomic E-state index is 0.0110. The summed E-state index contributed by atoms with van der Waals surface area (Å²) in [6, 6.07) is 10.9. The molecular weight excluding hydrogens is 429 g/mol. The Morgan fingerprint density at radius 3 is 2.37 bits per heavy atom. The van der Waals surface area contributed by atoms with Crippen LogP contribution in [0.15, 0.2) is 59.1 Å². The molecule has 3 N–H and O–H groups in total. The Balaban J connectivity index is 2.17. The molecule has 1 aliphatic heterocycles. The number of alkyl halides is 3. The number of rotatable bonds is 3. The molecule has 2 amide bonds. The molecule has 3 atom stereocenters. The first-order valence-electron chi connectivity index (χ1n) is 7.86. The Labute approximate surface area is 160 Å². The van der Waals surface area contributed by atoms with Crippen LogP contribution in [0.25, 0.3) is 0 Å². The van der Waals surface area contributed by atoms with E-state index in [9.17, 15) is 27.9 Å². The molecule has 0 aromatic heterocycles. The van der Waals surface area contributed by atoms with Crippen molar-refractivity contribution in [1.29, 1.82) is 0 Å². The zero-order valence-corrected chi connectivity index (χ0v) is 15.2. The highest BCUT2D eigenvalue weighted by atomic mass is 79.9. The minimum atomic E-state index is -5.27. The monoisotopic (exact) mass is 442 g/mol. The average Bonchev–Trinajstić information content (AvgIpc) is 2.60. The molecule has 0 bridgehead atoms. The molecule has 0 radical (unpaired) electrons. The van der Waals surface area contributed by atoms with Gasteiger partial charge in [-0.1, -0.05) is 58.4 Å². The van der Waals surface area contributed by atoms with Crippen molar-refractivity contribution < 1.29 is 27.9 Å². The van der Waals surface area contributed by atoms with Crippen LogP contribution in [0.2, 0.25) is 0 Å². The number of carbonyl (C=O) groups is 2. The molecule has 1 saturated heterocycles. The molecule has 1 fully saturated rings. The smallest absolute Gasteiger partial charge is 0.363 e. The number of ketones is 1. The second-order valence-corrected chi connectivity index (χ2v) is 7.02. The Bertz CT molecular complexity index is 876. The van der Waals surface area contributed by atoms with Gasteiger partial charge in [0, 0.05) is 10.0 Å². The number of hydrogen-bond donors (Lipinski definition) is 3. The lowest BCUT2D eigenvalue weighted by atomic mass is 9.77. The lowest BCUT2D eigenvalue weighted by molar-refractivity contribution is -0.287. The molecule has 0 spiro atoms. The molecule has 142 valence electrons. The van der Waals surface area contributed by atoms with Gasteiger partial charge in [-0.25, -0.2) is 4.79 Å². The van der Waals surface area contributed by atoms with Crippen LogP contribution in [-0.2, 0) is 0 Å². The van der Waals surface area contributed by atoms with Gasteiger partial charge in [0.2, 0.25) is 5.72 Å². The number of Topliss-reactive ketones (excluding diaryl/α,β-unsaturated/α-hetero) is 1. The van der Waals surface area contributed by atoms with Crippen LogP contribution >= 0.6 is 15.9 Å². The number of halogens is 4. The first kappa shape index (κ1) is 19.4. The molecule has 9 heteroatoms. The number of nitrogens with one attached hydrogen (secondary N) is 2. The second kappa shape index (κ2) is 6.97. The van der Waals surface area contributed by atoms with E-state index in [1.165, 1.54) is 41.7 Å². The van der Waals surface area contributed by atoms with E-state index in [1.54, 1.807) is 18.2 Å². The summed E-state index contributed by atoms with van der Waals surface area (Å²) >= 11 is 3.22. The average molecular weight is 443 g/mol. The van der Waals surface area contributed by atoms with Crippen molar-refractivity contribution in [2.45, 2.75) is 17.9 Å². The van der Waals surface area contributed by atoms with Gasteiger partial charge in [-0.15, -0.1) is 0 Å². The Morgan fingerprint density at radius 2 is 1.78 bits per heavy atom. The van der Waals surface area contributed by atoms with Crippen LogP contribution in [0.1, 0.15) is 22.0 Å². The third kappa shape index (κ3) is 3.57. The number of amides is 2.